The summed E-state index contributed by atoms with van der Waals surface area (Å²) < 4.78 is 5.50. The van der Waals surface area contributed by atoms with Crippen molar-refractivity contribution in [2.45, 2.75) is 25.4 Å². The van der Waals surface area contributed by atoms with E-state index in [4.69, 9.17) is 10.5 Å². The summed E-state index contributed by atoms with van der Waals surface area (Å²) in [6.07, 6.45) is 2.84. The highest BCUT2D eigenvalue weighted by atomic mass is 16.5. The molecule has 3 rings (SSSR count). The third-order valence-electron chi connectivity index (χ3n) is 4.06. The Morgan fingerprint density at radius 3 is 3.14 bits per heavy atom. The van der Waals surface area contributed by atoms with Gasteiger partial charge in [-0.1, -0.05) is 18.2 Å². The van der Waals surface area contributed by atoms with Gasteiger partial charge in [-0.05, 0) is 24.5 Å². The van der Waals surface area contributed by atoms with Crippen molar-refractivity contribution in [3.05, 3.63) is 29.8 Å². The molecule has 1 unspecified atom stereocenters. The van der Waals surface area contributed by atoms with Gasteiger partial charge in [0.1, 0.15) is 0 Å². The predicted molar refractivity (Wildman–Crippen MR) is 86.0 cm³/mol. The lowest BCUT2D eigenvalue weighted by Gasteiger charge is -2.18. The average molecular weight is 302 g/mol. The van der Waals surface area contributed by atoms with Gasteiger partial charge in [0.2, 0.25) is 5.91 Å². The number of anilines is 1. The second kappa shape index (κ2) is 6.79. The average Bonchev–Trinajstić information content (AvgIpc) is 3.13. The molecule has 2 aliphatic rings. The van der Waals surface area contributed by atoms with Crippen LogP contribution in [0.25, 0.3) is 0 Å². The molecule has 3 N–H and O–H groups in total. The highest BCUT2D eigenvalue weighted by Gasteiger charge is 2.26. The molecule has 1 fully saturated rings. The van der Waals surface area contributed by atoms with Crippen LogP contribution in [0.3, 0.4) is 0 Å². The van der Waals surface area contributed by atoms with E-state index in [1.165, 1.54) is 0 Å². The molecule has 1 aromatic rings. The lowest BCUT2D eigenvalue weighted by molar-refractivity contribution is -0.117. The molecule has 1 aromatic carbocycles. The molecule has 0 saturated carbocycles. The largest absolute Gasteiger partial charge is 0.376 e. The molecule has 2 aliphatic heterocycles. The number of carbonyl (C=O) groups is 1. The fourth-order valence-corrected chi connectivity index (χ4v) is 2.90. The third kappa shape index (κ3) is 3.39. The van der Waals surface area contributed by atoms with Gasteiger partial charge < -0.3 is 20.7 Å². The van der Waals surface area contributed by atoms with E-state index in [1.54, 1.807) is 4.90 Å². The minimum atomic E-state index is 0.137. The minimum Gasteiger partial charge on any atom is -0.376 e. The van der Waals surface area contributed by atoms with Crippen molar-refractivity contribution in [1.29, 1.82) is 0 Å². The first-order valence-electron chi connectivity index (χ1n) is 7.77. The van der Waals surface area contributed by atoms with E-state index in [9.17, 15) is 4.79 Å². The smallest absolute Gasteiger partial charge is 0.231 e. The molecule has 0 bridgehead atoms. The van der Waals surface area contributed by atoms with Gasteiger partial charge in [0.25, 0.3) is 0 Å². The molecule has 1 amide bonds. The van der Waals surface area contributed by atoms with Crippen LogP contribution in [-0.4, -0.2) is 44.2 Å². The van der Waals surface area contributed by atoms with Crippen molar-refractivity contribution in [2.75, 3.05) is 31.1 Å². The van der Waals surface area contributed by atoms with Crippen LogP contribution in [0.1, 0.15) is 18.4 Å². The summed E-state index contributed by atoms with van der Waals surface area (Å²) >= 11 is 0. The number of fused-ring (bicyclic) bond motifs is 1. The Hall–Kier alpha value is -2.08. The summed E-state index contributed by atoms with van der Waals surface area (Å²) in [5.41, 5.74) is 7.94. The van der Waals surface area contributed by atoms with Crippen LogP contribution in [0.15, 0.2) is 29.3 Å². The summed E-state index contributed by atoms with van der Waals surface area (Å²) in [6.45, 7) is 2.60. The van der Waals surface area contributed by atoms with Crippen molar-refractivity contribution in [3.63, 3.8) is 0 Å². The van der Waals surface area contributed by atoms with E-state index in [-0.39, 0.29) is 12.0 Å². The number of rotatable bonds is 5. The number of benzene rings is 1. The maximum atomic E-state index is 12.0. The number of amides is 1. The van der Waals surface area contributed by atoms with Crippen molar-refractivity contribution in [2.24, 2.45) is 10.7 Å². The Bertz CT molecular complexity index is 567. The Morgan fingerprint density at radius 2 is 2.32 bits per heavy atom. The second-order valence-corrected chi connectivity index (χ2v) is 5.64. The van der Waals surface area contributed by atoms with Crippen LogP contribution in [-0.2, 0) is 16.0 Å². The number of hydrogen-bond donors (Lipinski definition) is 2. The van der Waals surface area contributed by atoms with E-state index in [0.717, 1.165) is 30.7 Å². The Labute approximate surface area is 130 Å². The maximum Gasteiger partial charge on any atom is 0.231 e. The number of para-hydroxylation sites is 1. The number of carbonyl (C=O) groups excluding carboxylic acids is 1. The van der Waals surface area contributed by atoms with Gasteiger partial charge in [-0.25, -0.2) is 0 Å². The van der Waals surface area contributed by atoms with E-state index in [1.807, 2.05) is 24.3 Å². The van der Waals surface area contributed by atoms with Crippen LogP contribution >= 0.6 is 0 Å². The van der Waals surface area contributed by atoms with Crippen LogP contribution in [0.5, 0.6) is 0 Å². The maximum absolute atomic E-state index is 12.0. The summed E-state index contributed by atoms with van der Waals surface area (Å²) in [7, 11) is 0. The fourth-order valence-electron chi connectivity index (χ4n) is 2.90. The molecular weight excluding hydrogens is 280 g/mol. The van der Waals surface area contributed by atoms with Crippen molar-refractivity contribution < 1.29 is 9.53 Å². The van der Waals surface area contributed by atoms with E-state index >= 15 is 0 Å². The molecule has 118 valence electrons. The molecule has 0 spiro atoms. The zero-order valence-corrected chi connectivity index (χ0v) is 12.6. The predicted octanol–water partition coefficient (Wildman–Crippen LogP) is 0.659. The van der Waals surface area contributed by atoms with Crippen molar-refractivity contribution in [1.82, 2.24) is 5.32 Å². The molecule has 6 nitrogen and oxygen atoms in total. The lowest BCUT2D eigenvalue weighted by atomic mass is 10.2. The second-order valence-electron chi connectivity index (χ2n) is 5.64. The SMILES string of the molecule is NC(=NCC1CCCO1)NCCN1C(=O)Cc2ccccc21. The molecule has 2 heterocycles. The molecule has 1 saturated heterocycles. The molecule has 0 aliphatic carbocycles. The summed E-state index contributed by atoms with van der Waals surface area (Å²) in [6, 6.07) is 7.89. The monoisotopic (exact) mass is 302 g/mol. The van der Waals surface area contributed by atoms with Crippen LogP contribution in [0.2, 0.25) is 0 Å². The van der Waals surface area contributed by atoms with E-state index in [0.29, 0.717) is 32.0 Å². The lowest BCUT2D eigenvalue weighted by Crippen LogP contribution is -2.40. The molecule has 1 atom stereocenters. The first-order valence-corrected chi connectivity index (χ1v) is 7.77. The fraction of sp³-hybridized carbons (Fsp3) is 0.500. The van der Waals surface area contributed by atoms with Gasteiger partial charge in [0.05, 0.1) is 19.1 Å². The highest BCUT2D eigenvalue weighted by Crippen LogP contribution is 2.27. The van der Waals surface area contributed by atoms with Gasteiger partial charge in [0, 0.05) is 25.4 Å². The Balaban J connectivity index is 1.46. The topological polar surface area (TPSA) is 80.0 Å². The summed E-state index contributed by atoms with van der Waals surface area (Å²) in [5.74, 6) is 0.549. The molecule has 22 heavy (non-hydrogen) atoms. The molecule has 0 aromatic heterocycles. The first-order chi connectivity index (χ1) is 10.7. The number of ether oxygens (including phenoxy) is 1. The number of nitrogens with zero attached hydrogens (tertiary/aromatic N) is 2. The van der Waals surface area contributed by atoms with Gasteiger partial charge in [-0.15, -0.1) is 0 Å². The third-order valence-corrected chi connectivity index (χ3v) is 4.06. The van der Waals surface area contributed by atoms with E-state index < -0.39 is 0 Å². The summed E-state index contributed by atoms with van der Waals surface area (Å²) in [5, 5.41) is 3.06. The van der Waals surface area contributed by atoms with Crippen molar-refractivity contribution >= 4 is 17.6 Å². The first kappa shape index (κ1) is 14.8. The highest BCUT2D eigenvalue weighted by molar-refractivity contribution is 6.01. The van der Waals surface area contributed by atoms with Crippen LogP contribution in [0, 0.1) is 0 Å². The van der Waals surface area contributed by atoms with Crippen LogP contribution in [0.4, 0.5) is 5.69 Å². The number of nitrogens with one attached hydrogen (secondary N) is 1. The molecule has 6 heteroatoms. The summed E-state index contributed by atoms with van der Waals surface area (Å²) in [4.78, 5) is 18.1. The van der Waals surface area contributed by atoms with E-state index in [2.05, 4.69) is 10.3 Å². The Morgan fingerprint density at radius 1 is 1.45 bits per heavy atom. The quantitative estimate of drug-likeness (QED) is 0.618. The zero-order valence-electron chi connectivity index (χ0n) is 12.6. The molecular formula is C16H22N4O2. The Kier molecular flexibility index (Phi) is 4.58. The standard InChI is InChI=1S/C16H22N4O2/c17-16(19-11-13-5-3-9-22-13)18-7-8-20-14-6-2-1-4-12(14)10-15(20)21/h1-2,4,6,13H,3,5,7-11H2,(H3,17,18,19). The number of hydrogen-bond acceptors (Lipinski definition) is 3. The minimum absolute atomic E-state index is 0.137. The van der Waals surface area contributed by atoms with Crippen LogP contribution < -0.4 is 16.0 Å². The molecule has 0 radical (unpaired) electrons. The number of guanidine groups is 1. The number of aliphatic imine (C=N–C) groups is 1. The van der Waals surface area contributed by atoms with Gasteiger partial charge in [-0.2, -0.15) is 0 Å². The van der Waals surface area contributed by atoms with Gasteiger partial charge >= 0.3 is 0 Å². The zero-order chi connectivity index (χ0) is 15.4. The normalized spacial score (nSPS) is 21.3. The van der Waals surface area contributed by atoms with Gasteiger partial charge in [-0.3, -0.25) is 9.79 Å². The van der Waals surface area contributed by atoms with Gasteiger partial charge in [0.15, 0.2) is 5.96 Å². The van der Waals surface area contributed by atoms with Crippen molar-refractivity contribution in [3.8, 4) is 0 Å². The number of nitrogens with two attached hydrogens (primary N) is 1.